The van der Waals surface area contributed by atoms with Crippen LogP contribution in [0.15, 0.2) is 0 Å². The topological polar surface area (TPSA) is 64.3 Å². The Labute approximate surface area is 169 Å². The molecule has 0 fully saturated rings. The summed E-state index contributed by atoms with van der Waals surface area (Å²) in [4.78, 5) is 11.7. The van der Waals surface area contributed by atoms with Crippen molar-refractivity contribution < 1.29 is 9.53 Å². The summed E-state index contributed by atoms with van der Waals surface area (Å²) in [5.74, 6) is -0.0133. The van der Waals surface area contributed by atoms with Crippen LogP contribution in [-0.2, 0) is 9.53 Å². The minimum absolute atomic E-state index is 0.0133. The fourth-order valence-electron chi connectivity index (χ4n) is 3.24. The molecule has 0 unspecified atom stereocenters. The molecular formula is C23H48N2O2. The molecule has 3 N–H and O–H groups in total. The molecule has 0 amide bonds. The van der Waals surface area contributed by atoms with Crippen molar-refractivity contribution in [3.05, 3.63) is 0 Å². The first-order valence-electron chi connectivity index (χ1n) is 11.9. The number of carbonyl (C=O) groups is 1. The van der Waals surface area contributed by atoms with Crippen LogP contribution in [0.4, 0.5) is 0 Å². The Morgan fingerprint density at radius 3 is 1.81 bits per heavy atom. The summed E-state index contributed by atoms with van der Waals surface area (Å²) in [6.45, 7) is 5.81. The van der Waals surface area contributed by atoms with Gasteiger partial charge in [-0.1, -0.05) is 77.6 Å². The van der Waals surface area contributed by atoms with Gasteiger partial charge < -0.3 is 15.8 Å². The molecule has 0 radical (unpaired) electrons. The number of hydrogen-bond acceptors (Lipinski definition) is 4. The molecule has 0 rings (SSSR count). The number of rotatable bonds is 22. The van der Waals surface area contributed by atoms with Gasteiger partial charge in [0, 0.05) is 6.42 Å². The Hall–Kier alpha value is -0.610. The van der Waals surface area contributed by atoms with Crippen LogP contribution in [0.1, 0.15) is 116 Å². The molecule has 0 atom stereocenters. The second kappa shape index (κ2) is 23.4. The van der Waals surface area contributed by atoms with Gasteiger partial charge in [-0.15, -0.1) is 0 Å². The van der Waals surface area contributed by atoms with E-state index in [9.17, 15) is 4.79 Å². The van der Waals surface area contributed by atoms with E-state index in [4.69, 9.17) is 10.5 Å². The van der Waals surface area contributed by atoms with Crippen LogP contribution in [0.3, 0.4) is 0 Å². The van der Waals surface area contributed by atoms with E-state index in [2.05, 4.69) is 12.2 Å². The molecule has 0 aliphatic rings. The number of ether oxygens (including phenoxy) is 1. The molecule has 0 aliphatic heterocycles. The van der Waals surface area contributed by atoms with E-state index in [1.54, 1.807) is 0 Å². The standard InChI is InChI=1S/C23H48N2O2/c1-2-3-4-5-6-7-8-9-10-17-22-27-23(26)18-13-11-15-20-25-21-16-12-14-19-24/h25H,2-22,24H2,1H3. The van der Waals surface area contributed by atoms with Crippen LogP contribution in [0.25, 0.3) is 0 Å². The summed E-state index contributed by atoms with van der Waals surface area (Å²) in [5.41, 5.74) is 5.47. The Morgan fingerprint density at radius 1 is 0.704 bits per heavy atom. The Kier molecular flexibility index (Phi) is 22.9. The third kappa shape index (κ3) is 23.4. The van der Waals surface area contributed by atoms with Crippen LogP contribution >= 0.6 is 0 Å². The van der Waals surface area contributed by atoms with E-state index in [0.717, 1.165) is 51.7 Å². The van der Waals surface area contributed by atoms with Crippen molar-refractivity contribution >= 4 is 5.97 Å². The first-order chi connectivity index (χ1) is 13.3. The van der Waals surface area contributed by atoms with Crippen LogP contribution in [0, 0.1) is 0 Å². The lowest BCUT2D eigenvalue weighted by Gasteiger charge is -2.06. The van der Waals surface area contributed by atoms with Crippen LogP contribution in [0.2, 0.25) is 0 Å². The lowest BCUT2D eigenvalue weighted by atomic mass is 10.1. The smallest absolute Gasteiger partial charge is 0.305 e. The number of nitrogens with two attached hydrogens (primary N) is 1. The van der Waals surface area contributed by atoms with Crippen molar-refractivity contribution in [3.8, 4) is 0 Å². The highest BCUT2D eigenvalue weighted by Crippen LogP contribution is 2.10. The van der Waals surface area contributed by atoms with Gasteiger partial charge in [-0.25, -0.2) is 0 Å². The molecule has 0 spiro atoms. The molecule has 0 saturated heterocycles. The number of nitrogens with one attached hydrogen (secondary N) is 1. The van der Waals surface area contributed by atoms with E-state index < -0.39 is 0 Å². The summed E-state index contributed by atoms with van der Waals surface area (Å²) < 4.78 is 5.33. The molecule has 0 aromatic heterocycles. The molecule has 0 aromatic carbocycles. The van der Waals surface area contributed by atoms with Crippen LogP contribution < -0.4 is 11.1 Å². The van der Waals surface area contributed by atoms with Gasteiger partial charge in [-0.05, 0) is 51.7 Å². The first-order valence-corrected chi connectivity index (χ1v) is 11.9. The van der Waals surface area contributed by atoms with Gasteiger partial charge in [0.15, 0.2) is 0 Å². The summed E-state index contributed by atoms with van der Waals surface area (Å²) in [5, 5.41) is 3.45. The normalized spacial score (nSPS) is 11.0. The zero-order valence-electron chi connectivity index (χ0n) is 18.2. The minimum Gasteiger partial charge on any atom is -0.466 e. The predicted molar refractivity (Wildman–Crippen MR) is 117 cm³/mol. The Bertz CT molecular complexity index is 298. The maximum absolute atomic E-state index is 11.7. The SMILES string of the molecule is CCCCCCCCCCCCOC(=O)CCCCCNCCCCCN. The second-order valence-corrected chi connectivity index (χ2v) is 7.81. The van der Waals surface area contributed by atoms with Gasteiger partial charge in [0.25, 0.3) is 0 Å². The second-order valence-electron chi connectivity index (χ2n) is 7.81. The minimum atomic E-state index is -0.0133. The summed E-state index contributed by atoms with van der Waals surface area (Å²) in [6, 6.07) is 0. The largest absolute Gasteiger partial charge is 0.466 e. The lowest BCUT2D eigenvalue weighted by Crippen LogP contribution is -2.17. The summed E-state index contributed by atoms with van der Waals surface area (Å²) in [6.07, 6.45) is 20.4. The average molecular weight is 385 g/mol. The van der Waals surface area contributed by atoms with E-state index in [1.807, 2.05) is 0 Å². The quantitative estimate of drug-likeness (QED) is 0.185. The molecule has 162 valence electrons. The van der Waals surface area contributed by atoms with E-state index in [-0.39, 0.29) is 5.97 Å². The van der Waals surface area contributed by atoms with Crippen molar-refractivity contribution in [1.82, 2.24) is 5.32 Å². The highest BCUT2D eigenvalue weighted by atomic mass is 16.5. The molecule has 0 aliphatic carbocycles. The third-order valence-electron chi connectivity index (χ3n) is 5.05. The number of hydrogen-bond donors (Lipinski definition) is 2. The van der Waals surface area contributed by atoms with Crippen molar-refractivity contribution in [2.45, 2.75) is 116 Å². The highest BCUT2D eigenvalue weighted by molar-refractivity contribution is 5.69. The van der Waals surface area contributed by atoms with Crippen molar-refractivity contribution in [3.63, 3.8) is 0 Å². The number of unbranched alkanes of at least 4 members (excludes halogenated alkanes) is 13. The molecule has 4 nitrogen and oxygen atoms in total. The molecular weight excluding hydrogens is 336 g/mol. The van der Waals surface area contributed by atoms with E-state index >= 15 is 0 Å². The van der Waals surface area contributed by atoms with Gasteiger partial charge in [0.05, 0.1) is 6.61 Å². The van der Waals surface area contributed by atoms with Crippen molar-refractivity contribution in [2.24, 2.45) is 5.73 Å². The molecule has 0 heterocycles. The van der Waals surface area contributed by atoms with Crippen LogP contribution in [0.5, 0.6) is 0 Å². The van der Waals surface area contributed by atoms with Gasteiger partial charge in [-0.2, -0.15) is 0 Å². The zero-order valence-corrected chi connectivity index (χ0v) is 18.2. The molecule has 0 aromatic rings. The predicted octanol–water partition coefficient (Wildman–Crippen LogP) is 5.73. The Morgan fingerprint density at radius 2 is 1.22 bits per heavy atom. The molecule has 0 bridgehead atoms. The van der Waals surface area contributed by atoms with Crippen molar-refractivity contribution in [2.75, 3.05) is 26.2 Å². The lowest BCUT2D eigenvalue weighted by molar-refractivity contribution is -0.143. The fraction of sp³-hybridized carbons (Fsp3) is 0.957. The van der Waals surface area contributed by atoms with E-state index in [1.165, 1.54) is 70.6 Å². The van der Waals surface area contributed by atoms with Gasteiger partial charge in [0.2, 0.25) is 0 Å². The van der Waals surface area contributed by atoms with Crippen LogP contribution in [-0.4, -0.2) is 32.2 Å². The fourth-order valence-corrected chi connectivity index (χ4v) is 3.24. The van der Waals surface area contributed by atoms with Gasteiger partial charge in [0.1, 0.15) is 0 Å². The van der Waals surface area contributed by atoms with E-state index in [0.29, 0.717) is 13.0 Å². The maximum atomic E-state index is 11.7. The molecule has 0 saturated carbocycles. The highest BCUT2D eigenvalue weighted by Gasteiger charge is 2.02. The van der Waals surface area contributed by atoms with Gasteiger partial charge in [-0.3, -0.25) is 4.79 Å². The third-order valence-corrected chi connectivity index (χ3v) is 5.05. The number of carbonyl (C=O) groups excluding carboxylic acids is 1. The monoisotopic (exact) mass is 384 g/mol. The van der Waals surface area contributed by atoms with Gasteiger partial charge >= 0.3 is 5.97 Å². The maximum Gasteiger partial charge on any atom is 0.305 e. The molecule has 27 heavy (non-hydrogen) atoms. The summed E-state index contributed by atoms with van der Waals surface area (Å²) >= 11 is 0. The zero-order chi connectivity index (χ0) is 19.8. The van der Waals surface area contributed by atoms with Crippen molar-refractivity contribution in [1.29, 1.82) is 0 Å². The average Bonchev–Trinajstić information content (AvgIpc) is 2.67. The molecule has 4 heteroatoms. The Balaban J connectivity index is 3.13. The summed E-state index contributed by atoms with van der Waals surface area (Å²) in [7, 11) is 0. The first kappa shape index (κ1) is 26.4. The number of esters is 1.